The van der Waals surface area contributed by atoms with Crippen molar-refractivity contribution in [1.29, 1.82) is 0 Å². The molecule has 188 valence electrons. The summed E-state index contributed by atoms with van der Waals surface area (Å²) in [5, 5.41) is 5.59. The number of fused-ring (bicyclic) bond motifs is 1. The van der Waals surface area contributed by atoms with E-state index in [9.17, 15) is 35.9 Å². The summed E-state index contributed by atoms with van der Waals surface area (Å²) in [5.41, 5.74) is 3.24. The molecule has 4 rings (SSSR count). The molecule has 0 aliphatic heterocycles. The molecule has 36 heavy (non-hydrogen) atoms. The Labute approximate surface area is 202 Å². The second-order valence-electron chi connectivity index (χ2n) is 7.76. The summed E-state index contributed by atoms with van der Waals surface area (Å²) in [5.74, 6) is -2.16. The van der Waals surface area contributed by atoms with Gasteiger partial charge in [-0.25, -0.2) is 4.98 Å². The van der Waals surface area contributed by atoms with E-state index in [0.29, 0.717) is 27.6 Å². The van der Waals surface area contributed by atoms with Gasteiger partial charge in [0.1, 0.15) is 21.1 Å². The number of amides is 2. The van der Waals surface area contributed by atoms with Crippen LogP contribution in [0.5, 0.6) is 0 Å². The van der Waals surface area contributed by atoms with Crippen molar-refractivity contribution in [1.82, 2.24) is 14.8 Å². The lowest BCUT2D eigenvalue weighted by atomic mass is 10.00. The number of hydrogen-bond donors (Lipinski definition) is 2. The zero-order valence-corrected chi connectivity index (χ0v) is 19.2. The summed E-state index contributed by atoms with van der Waals surface area (Å²) in [6.07, 6.45) is -9.64. The molecule has 0 spiro atoms. The Morgan fingerprint density at radius 1 is 1.00 bits per heavy atom. The Morgan fingerprint density at radius 2 is 1.61 bits per heavy atom. The molecule has 0 radical (unpaired) electrons. The minimum atomic E-state index is -4.82. The molecule has 7 nitrogen and oxygen atoms in total. The Kier molecular flexibility index (Phi) is 6.02. The van der Waals surface area contributed by atoms with Gasteiger partial charge < -0.3 is 11.1 Å². The number of aromatic nitrogens is 3. The van der Waals surface area contributed by atoms with Gasteiger partial charge in [-0.1, -0.05) is 29.8 Å². The second-order valence-corrected chi connectivity index (χ2v) is 8.76. The molecule has 3 aromatic heterocycles. The Bertz CT molecular complexity index is 1500. The zero-order chi connectivity index (χ0) is 26.6. The van der Waals surface area contributed by atoms with E-state index in [4.69, 9.17) is 5.73 Å². The molecular formula is C22H15F6N5O2S. The molecule has 0 fully saturated rings. The number of aryl methyl sites for hydroxylation is 2. The first-order valence-corrected chi connectivity index (χ1v) is 10.8. The van der Waals surface area contributed by atoms with Crippen LogP contribution in [0.2, 0.25) is 0 Å². The first-order chi connectivity index (χ1) is 16.7. The first-order valence-electron chi connectivity index (χ1n) is 10.0. The van der Waals surface area contributed by atoms with E-state index >= 15 is 0 Å². The fourth-order valence-corrected chi connectivity index (χ4v) is 4.50. The first kappa shape index (κ1) is 25.2. The second kappa shape index (κ2) is 8.62. The van der Waals surface area contributed by atoms with Gasteiger partial charge in [0.05, 0.1) is 5.69 Å². The van der Waals surface area contributed by atoms with Crippen molar-refractivity contribution < 1.29 is 35.9 Å². The summed E-state index contributed by atoms with van der Waals surface area (Å²) in [6, 6.07) is 7.69. The summed E-state index contributed by atoms with van der Waals surface area (Å²) in [6.45, 7) is 1.78. The van der Waals surface area contributed by atoms with E-state index in [1.807, 2.05) is 0 Å². The van der Waals surface area contributed by atoms with Gasteiger partial charge in [-0.15, -0.1) is 11.3 Å². The monoisotopic (exact) mass is 527 g/mol. The number of nitrogens with two attached hydrogens (primary N) is 1. The number of primary amides is 1. The number of anilines is 1. The van der Waals surface area contributed by atoms with E-state index in [0.717, 1.165) is 18.7 Å². The standard InChI is InChI=1S/C22H15F6N5O2S/c1-9-3-5-10(6-4-9)11-7-13(21(23,24)25)30-20-15(11)16(17(36-20)18(29)34)31-19(35)12-8-14(22(26,27)28)32-33(12)2/h3-8H,1-2H3,(H2,29,34)(H,31,35). The fourth-order valence-electron chi connectivity index (χ4n) is 3.49. The molecule has 0 unspecified atom stereocenters. The number of halogens is 6. The molecule has 1 aromatic carbocycles. The molecule has 0 atom stereocenters. The smallest absolute Gasteiger partial charge is 0.365 e. The van der Waals surface area contributed by atoms with Gasteiger partial charge in [0.2, 0.25) is 0 Å². The predicted molar refractivity (Wildman–Crippen MR) is 119 cm³/mol. The highest BCUT2D eigenvalue weighted by Crippen LogP contribution is 2.44. The molecule has 0 saturated heterocycles. The van der Waals surface area contributed by atoms with E-state index in [1.54, 1.807) is 31.2 Å². The third-order valence-electron chi connectivity index (χ3n) is 5.18. The fraction of sp³-hybridized carbons (Fsp3) is 0.182. The lowest BCUT2D eigenvalue weighted by molar-refractivity contribution is -0.142. The highest BCUT2D eigenvalue weighted by molar-refractivity contribution is 7.21. The van der Waals surface area contributed by atoms with Gasteiger partial charge in [0.15, 0.2) is 5.69 Å². The average molecular weight is 527 g/mol. The van der Waals surface area contributed by atoms with Crippen molar-refractivity contribution in [3.05, 3.63) is 63.9 Å². The van der Waals surface area contributed by atoms with Gasteiger partial charge in [0.25, 0.3) is 11.8 Å². The van der Waals surface area contributed by atoms with Crippen LogP contribution in [0.25, 0.3) is 21.3 Å². The number of carbonyl (C=O) groups excluding carboxylic acids is 2. The number of pyridine rings is 1. The van der Waals surface area contributed by atoms with E-state index in [1.165, 1.54) is 0 Å². The molecule has 0 aliphatic carbocycles. The summed E-state index contributed by atoms with van der Waals surface area (Å²) in [7, 11) is 1.11. The zero-order valence-electron chi connectivity index (χ0n) is 18.4. The largest absolute Gasteiger partial charge is 0.435 e. The van der Waals surface area contributed by atoms with Crippen LogP contribution in [0.1, 0.15) is 37.1 Å². The van der Waals surface area contributed by atoms with E-state index in [-0.39, 0.29) is 26.3 Å². The molecule has 2 amide bonds. The minimum Gasteiger partial charge on any atom is -0.365 e. The van der Waals surface area contributed by atoms with Crippen LogP contribution in [-0.2, 0) is 19.4 Å². The van der Waals surface area contributed by atoms with E-state index in [2.05, 4.69) is 15.4 Å². The number of nitrogens with one attached hydrogen (secondary N) is 1. The predicted octanol–water partition coefficient (Wildman–Crippen LogP) is 5.39. The summed E-state index contributed by atoms with van der Waals surface area (Å²) in [4.78, 5) is 28.1. The molecule has 3 heterocycles. The number of rotatable bonds is 4. The number of alkyl halides is 6. The maximum atomic E-state index is 13.6. The van der Waals surface area contributed by atoms with Crippen LogP contribution in [0, 0.1) is 6.92 Å². The van der Waals surface area contributed by atoms with Crippen molar-refractivity contribution >= 4 is 39.1 Å². The van der Waals surface area contributed by atoms with Crippen LogP contribution in [0.4, 0.5) is 32.0 Å². The number of benzene rings is 1. The number of nitrogens with zero attached hydrogens (tertiary/aromatic N) is 3. The number of thiophene rings is 1. The summed E-state index contributed by atoms with van der Waals surface area (Å²) >= 11 is 0.522. The van der Waals surface area contributed by atoms with Crippen molar-refractivity contribution in [3.63, 3.8) is 0 Å². The Balaban J connectivity index is 1.95. The third-order valence-corrected chi connectivity index (χ3v) is 6.28. The molecular weight excluding hydrogens is 512 g/mol. The molecule has 0 bridgehead atoms. The van der Waals surface area contributed by atoms with Crippen LogP contribution in [-0.4, -0.2) is 26.6 Å². The molecule has 14 heteroatoms. The van der Waals surface area contributed by atoms with E-state index < -0.39 is 41.2 Å². The van der Waals surface area contributed by atoms with Crippen LogP contribution >= 0.6 is 11.3 Å². The Morgan fingerprint density at radius 3 is 2.14 bits per heavy atom. The van der Waals surface area contributed by atoms with Crippen molar-refractivity contribution in [2.45, 2.75) is 19.3 Å². The van der Waals surface area contributed by atoms with Crippen LogP contribution in [0.3, 0.4) is 0 Å². The molecule has 0 aliphatic rings. The van der Waals surface area contributed by atoms with Gasteiger partial charge in [-0.2, -0.15) is 31.4 Å². The Hall–Kier alpha value is -3.94. The average Bonchev–Trinajstić information content (AvgIpc) is 3.34. The van der Waals surface area contributed by atoms with Gasteiger partial charge in [0, 0.05) is 18.5 Å². The summed E-state index contributed by atoms with van der Waals surface area (Å²) < 4.78 is 80.6. The van der Waals surface area contributed by atoms with Crippen LogP contribution < -0.4 is 11.1 Å². The van der Waals surface area contributed by atoms with Crippen molar-refractivity contribution in [2.75, 3.05) is 5.32 Å². The number of hydrogen-bond acceptors (Lipinski definition) is 5. The van der Waals surface area contributed by atoms with Crippen LogP contribution in [0.15, 0.2) is 36.4 Å². The topological polar surface area (TPSA) is 103 Å². The molecule has 0 saturated carbocycles. The highest BCUT2D eigenvalue weighted by atomic mass is 32.1. The normalized spacial score (nSPS) is 12.2. The lowest BCUT2D eigenvalue weighted by Crippen LogP contribution is -2.19. The number of carbonyl (C=O) groups is 2. The lowest BCUT2D eigenvalue weighted by Gasteiger charge is -2.12. The van der Waals surface area contributed by atoms with Gasteiger partial charge >= 0.3 is 12.4 Å². The van der Waals surface area contributed by atoms with Gasteiger partial charge in [-0.3, -0.25) is 14.3 Å². The molecule has 3 N–H and O–H groups in total. The third kappa shape index (κ3) is 4.63. The van der Waals surface area contributed by atoms with Crippen molar-refractivity contribution in [3.8, 4) is 11.1 Å². The van der Waals surface area contributed by atoms with Crippen molar-refractivity contribution in [2.24, 2.45) is 12.8 Å². The molecule has 4 aromatic rings. The quantitative estimate of drug-likeness (QED) is 0.347. The SMILES string of the molecule is Cc1ccc(-c2cc(C(F)(F)F)nc3sc(C(N)=O)c(NC(=O)c4cc(C(F)(F)F)nn4C)c23)cc1. The minimum absolute atomic E-state index is 0.00707. The maximum Gasteiger partial charge on any atom is 0.435 e. The highest BCUT2D eigenvalue weighted by Gasteiger charge is 2.37. The maximum absolute atomic E-state index is 13.6. The van der Waals surface area contributed by atoms with Gasteiger partial charge in [-0.05, 0) is 24.1 Å².